The molecule has 0 bridgehead atoms. The molecule has 0 aliphatic carbocycles. The van der Waals surface area contributed by atoms with E-state index in [-0.39, 0.29) is 0 Å². The van der Waals surface area contributed by atoms with Gasteiger partial charge in [0.05, 0.1) is 12.4 Å². The molecule has 0 saturated carbocycles. The third-order valence-electron chi connectivity index (χ3n) is 8.23. The van der Waals surface area contributed by atoms with Crippen LogP contribution in [-0.2, 0) is 0 Å². The second-order valence-electron chi connectivity index (χ2n) is 10.6. The van der Waals surface area contributed by atoms with E-state index in [1.165, 1.54) is 16.3 Å². The van der Waals surface area contributed by atoms with Crippen molar-refractivity contribution in [2.24, 2.45) is 0 Å². The van der Waals surface area contributed by atoms with Gasteiger partial charge in [-0.2, -0.15) is 0 Å². The molecule has 9 aromatic rings. The summed E-state index contributed by atoms with van der Waals surface area (Å²) in [5, 5.41) is 6.84. The normalized spacial score (nSPS) is 11.7. The molecule has 0 unspecified atom stereocenters. The van der Waals surface area contributed by atoms with E-state index in [1.54, 1.807) is 24.9 Å². The molecule has 5 heteroatoms. The third-order valence-corrected chi connectivity index (χ3v) is 8.23. The van der Waals surface area contributed by atoms with E-state index in [1.807, 2.05) is 12.1 Å². The number of para-hydroxylation sites is 1. The predicted octanol–water partition coefficient (Wildman–Crippen LogP) is 10.5. The summed E-state index contributed by atoms with van der Waals surface area (Å²) < 4.78 is 17.5. The average Bonchev–Trinajstić information content (AvgIpc) is 3.85. The molecule has 43 heavy (non-hydrogen) atoms. The van der Waals surface area contributed by atoms with Crippen molar-refractivity contribution < 1.29 is 13.3 Å². The molecule has 0 radical (unpaired) electrons. The van der Waals surface area contributed by atoms with E-state index >= 15 is 0 Å². The number of nitrogens with zero attached hydrogens (tertiary/aromatic N) is 2. The van der Waals surface area contributed by atoms with Crippen molar-refractivity contribution in [2.45, 2.75) is 0 Å². The molecule has 0 spiro atoms. The van der Waals surface area contributed by atoms with Gasteiger partial charge in [0.15, 0.2) is 0 Å². The Labute approximate surface area is 245 Å². The molecule has 202 valence electrons. The Morgan fingerprint density at radius 2 is 0.884 bits per heavy atom. The zero-order valence-electron chi connectivity index (χ0n) is 22.8. The maximum Gasteiger partial charge on any atom is 0.225 e. The van der Waals surface area contributed by atoms with Crippen LogP contribution >= 0.6 is 0 Å². The minimum atomic E-state index is 0.605. The maximum absolute atomic E-state index is 6.40. The fourth-order valence-electron chi connectivity index (χ4n) is 6.31. The van der Waals surface area contributed by atoms with E-state index in [0.717, 1.165) is 60.5 Å². The second kappa shape index (κ2) is 9.29. The highest BCUT2D eigenvalue weighted by molar-refractivity contribution is 6.25. The van der Waals surface area contributed by atoms with Crippen molar-refractivity contribution in [1.29, 1.82) is 0 Å². The predicted molar refractivity (Wildman–Crippen MR) is 171 cm³/mol. The molecule has 0 fully saturated rings. The summed E-state index contributed by atoms with van der Waals surface area (Å²) in [5.74, 6) is 1.21. The molecule has 0 amide bonds. The number of rotatable bonds is 4. The Hall–Kier alpha value is -5.94. The van der Waals surface area contributed by atoms with Gasteiger partial charge in [-0.05, 0) is 86.3 Å². The molecular weight excluding hydrogens is 532 g/mol. The number of hydrogen-bond donors (Lipinski definition) is 0. The maximum atomic E-state index is 6.40. The van der Waals surface area contributed by atoms with E-state index < -0.39 is 0 Å². The van der Waals surface area contributed by atoms with Crippen molar-refractivity contribution in [1.82, 2.24) is 9.97 Å². The van der Waals surface area contributed by atoms with Crippen molar-refractivity contribution in [3.8, 4) is 45.2 Å². The van der Waals surface area contributed by atoms with Crippen molar-refractivity contribution >= 4 is 43.5 Å². The standard InChI is InChI=1S/C38H22N2O3/c1-2-7-29-28(6-1)35(23-9-13-25(14-10-23)37-39-17-19-41-37)31-21-30-27-5-3-4-8-33(27)43-34(30)22-32(31)36(29)24-11-15-26(16-12-24)38-40-18-20-42-38/h1-22H. The number of benzene rings is 6. The van der Waals surface area contributed by atoms with Gasteiger partial charge in [0, 0.05) is 21.9 Å². The van der Waals surface area contributed by atoms with Crippen LogP contribution in [0.25, 0.3) is 88.6 Å². The molecule has 0 saturated heterocycles. The first-order chi connectivity index (χ1) is 21.3. The van der Waals surface area contributed by atoms with Crippen LogP contribution in [0.4, 0.5) is 0 Å². The molecular formula is C38H22N2O3. The summed E-state index contributed by atoms with van der Waals surface area (Å²) in [6, 6.07) is 38.3. The Bertz CT molecular complexity index is 2420. The third kappa shape index (κ3) is 3.72. The monoisotopic (exact) mass is 554 g/mol. The molecule has 5 nitrogen and oxygen atoms in total. The zero-order chi connectivity index (χ0) is 28.3. The van der Waals surface area contributed by atoms with Gasteiger partial charge in [-0.25, -0.2) is 9.97 Å². The quantitative estimate of drug-likeness (QED) is 0.202. The van der Waals surface area contributed by atoms with Gasteiger partial charge in [0.2, 0.25) is 11.8 Å². The van der Waals surface area contributed by atoms with Gasteiger partial charge in [-0.15, -0.1) is 0 Å². The van der Waals surface area contributed by atoms with Crippen LogP contribution in [0.15, 0.2) is 147 Å². The molecule has 3 heterocycles. The van der Waals surface area contributed by atoms with Crippen LogP contribution in [0, 0.1) is 0 Å². The lowest BCUT2D eigenvalue weighted by molar-refractivity contribution is 0.574. The average molecular weight is 555 g/mol. The van der Waals surface area contributed by atoms with Gasteiger partial charge < -0.3 is 13.3 Å². The summed E-state index contributed by atoms with van der Waals surface area (Å²) in [6.07, 6.45) is 6.53. The summed E-state index contributed by atoms with van der Waals surface area (Å²) in [5.41, 5.74) is 8.19. The van der Waals surface area contributed by atoms with Crippen molar-refractivity contribution in [3.05, 3.63) is 134 Å². The number of aromatic nitrogens is 2. The first-order valence-corrected chi connectivity index (χ1v) is 14.1. The van der Waals surface area contributed by atoms with Crippen LogP contribution in [0.2, 0.25) is 0 Å². The fraction of sp³-hybridized carbons (Fsp3) is 0. The minimum Gasteiger partial charge on any atom is -0.456 e. The van der Waals surface area contributed by atoms with E-state index in [2.05, 4.69) is 107 Å². The Balaban J connectivity index is 1.37. The minimum absolute atomic E-state index is 0.605. The largest absolute Gasteiger partial charge is 0.456 e. The van der Waals surface area contributed by atoms with Crippen LogP contribution in [0.1, 0.15) is 0 Å². The SMILES string of the molecule is c1ccc2c(c1)oc1cc3c(-c4ccc(-c5ncco5)cc4)c4ccccc4c(-c4ccc(-c5ncco5)cc4)c3cc12. The zero-order valence-corrected chi connectivity index (χ0v) is 22.8. The number of fused-ring (bicyclic) bond motifs is 5. The van der Waals surface area contributed by atoms with Gasteiger partial charge in [0.1, 0.15) is 23.7 Å². The molecule has 9 rings (SSSR count). The molecule has 3 aromatic heterocycles. The van der Waals surface area contributed by atoms with E-state index in [9.17, 15) is 0 Å². The summed E-state index contributed by atoms with van der Waals surface area (Å²) in [4.78, 5) is 8.65. The van der Waals surface area contributed by atoms with Gasteiger partial charge in [0.25, 0.3) is 0 Å². The topological polar surface area (TPSA) is 65.2 Å². The Kier molecular flexibility index (Phi) is 5.13. The van der Waals surface area contributed by atoms with E-state index in [0.29, 0.717) is 11.8 Å². The lowest BCUT2D eigenvalue weighted by Crippen LogP contribution is -1.91. The van der Waals surface area contributed by atoms with Crippen molar-refractivity contribution in [3.63, 3.8) is 0 Å². The van der Waals surface area contributed by atoms with Crippen LogP contribution in [0.3, 0.4) is 0 Å². The molecule has 0 atom stereocenters. The van der Waals surface area contributed by atoms with E-state index in [4.69, 9.17) is 13.3 Å². The number of furan rings is 1. The van der Waals surface area contributed by atoms with Gasteiger partial charge in [-0.3, -0.25) is 0 Å². The molecule has 0 N–H and O–H groups in total. The van der Waals surface area contributed by atoms with Gasteiger partial charge in [-0.1, -0.05) is 66.7 Å². The number of hydrogen-bond acceptors (Lipinski definition) is 5. The number of oxazole rings is 2. The molecule has 6 aromatic carbocycles. The highest BCUT2D eigenvalue weighted by Crippen LogP contribution is 2.46. The Morgan fingerprint density at radius 3 is 1.42 bits per heavy atom. The second-order valence-corrected chi connectivity index (χ2v) is 10.6. The first-order valence-electron chi connectivity index (χ1n) is 14.1. The van der Waals surface area contributed by atoms with Crippen molar-refractivity contribution in [2.75, 3.05) is 0 Å². The highest BCUT2D eigenvalue weighted by atomic mass is 16.3. The first kappa shape index (κ1) is 23.7. The Morgan fingerprint density at radius 1 is 0.395 bits per heavy atom. The molecule has 0 aliphatic heterocycles. The summed E-state index contributed by atoms with van der Waals surface area (Å²) in [7, 11) is 0. The summed E-state index contributed by atoms with van der Waals surface area (Å²) >= 11 is 0. The lowest BCUT2D eigenvalue weighted by Gasteiger charge is -2.18. The highest BCUT2D eigenvalue weighted by Gasteiger charge is 2.20. The molecule has 0 aliphatic rings. The van der Waals surface area contributed by atoms with Crippen LogP contribution in [-0.4, -0.2) is 9.97 Å². The van der Waals surface area contributed by atoms with Crippen LogP contribution in [0.5, 0.6) is 0 Å². The fourth-order valence-corrected chi connectivity index (χ4v) is 6.31. The smallest absolute Gasteiger partial charge is 0.225 e. The van der Waals surface area contributed by atoms with Crippen LogP contribution < -0.4 is 0 Å². The lowest BCUT2D eigenvalue weighted by atomic mass is 9.85. The summed E-state index contributed by atoms with van der Waals surface area (Å²) in [6.45, 7) is 0. The van der Waals surface area contributed by atoms with Gasteiger partial charge >= 0.3 is 0 Å².